The molecule has 1 fully saturated rings. The van der Waals surface area contributed by atoms with Gasteiger partial charge in [-0.3, -0.25) is 9.63 Å². The van der Waals surface area contributed by atoms with Gasteiger partial charge in [0.25, 0.3) is 5.91 Å². The Labute approximate surface area is 71.3 Å². The van der Waals surface area contributed by atoms with Crippen LogP contribution in [0.2, 0.25) is 0 Å². The monoisotopic (exact) mass is 165 g/mol. The highest BCUT2D eigenvalue weighted by Crippen LogP contribution is 2.26. The highest BCUT2D eigenvalue weighted by Gasteiger charge is 2.35. The lowest BCUT2D eigenvalue weighted by molar-refractivity contribution is -0.180. The maximum Gasteiger partial charge on any atom is 0.250 e. The Morgan fingerprint density at radius 3 is 3.25 bits per heavy atom. The van der Waals surface area contributed by atoms with Gasteiger partial charge in [-0.05, 0) is 0 Å². The predicted molar refractivity (Wildman–Crippen MR) is 44.1 cm³/mol. The van der Waals surface area contributed by atoms with E-state index in [1.54, 1.807) is 6.08 Å². The smallest absolute Gasteiger partial charge is 0.250 e. The molecular formula is C9H11NO2. The Balaban J connectivity index is 2.16. The first-order valence-corrected chi connectivity index (χ1v) is 4.09. The van der Waals surface area contributed by atoms with Gasteiger partial charge in [0, 0.05) is 12.8 Å². The third-order valence-electron chi connectivity index (χ3n) is 2.18. The van der Waals surface area contributed by atoms with Gasteiger partial charge in [-0.2, -0.15) is 0 Å². The molecule has 0 aromatic carbocycles. The van der Waals surface area contributed by atoms with Crippen molar-refractivity contribution in [1.82, 2.24) is 5.06 Å². The van der Waals surface area contributed by atoms with E-state index in [0.29, 0.717) is 6.42 Å². The van der Waals surface area contributed by atoms with Crippen molar-refractivity contribution in [3.05, 3.63) is 24.8 Å². The van der Waals surface area contributed by atoms with Crippen LogP contribution >= 0.6 is 0 Å². The summed E-state index contributed by atoms with van der Waals surface area (Å²) in [5.41, 5.74) is 0. The van der Waals surface area contributed by atoms with Crippen molar-refractivity contribution in [2.75, 3.05) is 0 Å². The second kappa shape index (κ2) is 2.75. The number of carbonyl (C=O) groups excluding carboxylic acids is 1. The van der Waals surface area contributed by atoms with Crippen LogP contribution in [0.5, 0.6) is 0 Å². The molecule has 2 aliphatic heterocycles. The van der Waals surface area contributed by atoms with Gasteiger partial charge in [-0.25, -0.2) is 5.06 Å². The minimum atomic E-state index is 0.00157. The highest BCUT2D eigenvalue weighted by molar-refractivity contribution is 5.78. The van der Waals surface area contributed by atoms with E-state index in [2.05, 4.69) is 6.58 Å². The zero-order chi connectivity index (χ0) is 8.55. The molecule has 0 spiro atoms. The van der Waals surface area contributed by atoms with Crippen LogP contribution in [-0.4, -0.2) is 23.1 Å². The summed E-state index contributed by atoms with van der Waals surface area (Å²) >= 11 is 0. The summed E-state index contributed by atoms with van der Waals surface area (Å²) in [6.07, 6.45) is 6.95. The Morgan fingerprint density at radius 2 is 2.58 bits per heavy atom. The maximum atomic E-state index is 11.3. The van der Waals surface area contributed by atoms with Crippen LogP contribution in [0.3, 0.4) is 0 Å². The standard InChI is InChI=1S/C9H11NO2/c1-2-8-6-7-4-3-5-9(11)10(7)12-8/h2-4,7-8H,1,5-6H2/t7-,8+/m1/s1. The fourth-order valence-electron chi connectivity index (χ4n) is 1.56. The molecule has 0 aliphatic carbocycles. The van der Waals surface area contributed by atoms with Gasteiger partial charge in [0.2, 0.25) is 0 Å². The molecule has 64 valence electrons. The molecule has 0 bridgehead atoms. The Bertz CT molecular complexity index is 247. The van der Waals surface area contributed by atoms with Crippen molar-refractivity contribution in [3.8, 4) is 0 Å². The SMILES string of the molecule is C=C[C@H]1C[C@H]2C=CCC(=O)N2O1. The van der Waals surface area contributed by atoms with E-state index in [0.717, 1.165) is 6.42 Å². The molecule has 3 nitrogen and oxygen atoms in total. The van der Waals surface area contributed by atoms with Crippen molar-refractivity contribution in [1.29, 1.82) is 0 Å². The Kier molecular flexibility index (Phi) is 1.73. The zero-order valence-electron chi connectivity index (χ0n) is 6.77. The average molecular weight is 165 g/mol. The fraction of sp³-hybridized carbons (Fsp3) is 0.444. The normalized spacial score (nSPS) is 33.7. The van der Waals surface area contributed by atoms with Crippen molar-refractivity contribution in [3.63, 3.8) is 0 Å². The van der Waals surface area contributed by atoms with Gasteiger partial charge in [0.1, 0.15) is 6.10 Å². The van der Waals surface area contributed by atoms with Crippen molar-refractivity contribution < 1.29 is 9.63 Å². The fourth-order valence-corrected chi connectivity index (χ4v) is 1.56. The number of amides is 1. The van der Waals surface area contributed by atoms with E-state index in [-0.39, 0.29) is 18.1 Å². The number of hydrogen-bond acceptors (Lipinski definition) is 2. The number of fused-ring (bicyclic) bond motifs is 1. The van der Waals surface area contributed by atoms with Crippen molar-refractivity contribution in [2.45, 2.75) is 25.0 Å². The third kappa shape index (κ3) is 1.06. The van der Waals surface area contributed by atoms with E-state index < -0.39 is 0 Å². The van der Waals surface area contributed by atoms with Crippen LogP contribution in [-0.2, 0) is 9.63 Å². The molecule has 2 atom stereocenters. The molecule has 0 radical (unpaired) electrons. The lowest BCUT2D eigenvalue weighted by atomic mass is 10.1. The summed E-state index contributed by atoms with van der Waals surface area (Å²) < 4.78 is 0. The van der Waals surface area contributed by atoms with Crippen LogP contribution in [0.15, 0.2) is 24.8 Å². The van der Waals surface area contributed by atoms with Gasteiger partial charge < -0.3 is 0 Å². The van der Waals surface area contributed by atoms with Gasteiger partial charge in [-0.1, -0.05) is 18.2 Å². The first kappa shape index (κ1) is 7.55. The third-order valence-corrected chi connectivity index (χ3v) is 2.18. The molecule has 2 heterocycles. The lowest BCUT2D eigenvalue weighted by Crippen LogP contribution is -2.35. The molecular weight excluding hydrogens is 154 g/mol. The topological polar surface area (TPSA) is 29.5 Å². The van der Waals surface area contributed by atoms with Crippen LogP contribution in [0, 0.1) is 0 Å². The van der Waals surface area contributed by atoms with Gasteiger partial charge in [-0.15, -0.1) is 6.58 Å². The molecule has 2 aliphatic rings. The highest BCUT2D eigenvalue weighted by atomic mass is 16.7. The van der Waals surface area contributed by atoms with E-state index >= 15 is 0 Å². The molecule has 0 aromatic heterocycles. The number of hydroxylamine groups is 2. The second-order valence-corrected chi connectivity index (χ2v) is 3.03. The van der Waals surface area contributed by atoms with Gasteiger partial charge >= 0.3 is 0 Å². The second-order valence-electron chi connectivity index (χ2n) is 3.03. The molecule has 1 saturated heterocycles. The molecule has 2 rings (SSSR count). The zero-order valence-corrected chi connectivity index (χ0v) is 6.77. The van der Waals surface area contributed by atoms with Crippen molar-refractivity contribution >= 4 is 5.91 Å². The number of carbonyl (C=O) groups is 1. The summed E-state index contributed by atoms with van der Waals surface area (Å²) in [5.74, 6) is 0.0480. The first-order valence-electron chi connectivity index (χ1n) is 4.09. The van der Waals surface area contributed by atoms with E-state index in [1.807, 2.05) is 12.2 Å². The number of nitrogens with zero attached hydrogens (tertiary/aromatic N) is 1. The Morgan fingerprint density at radius 1 is 1.75 bits per heavy atom. The molecule has 0 aromatic rings. The quantitative estimate of drug-likeness (QED) is 0.543. The van der Waals surface area contributed by atoms with E-state index in [1.165, 1.54) is 5.06 Å². The largest absolute Gasteiger partial charge is 0.272 e. The van der Waals surface area contributed by atoms with Crippen LogP contribution in [0.1, 0.15) is 12.8 Å². The molecule has 3 heteroatoms. The van der Waals surface area contributed by atoms with Gasteiger partial charge in [0.05, 0.1) is 6.04 Å². The average Bonchev–Trinajstić information content (AvgIpc) is 2.49. The van der Waals surface area contributed by atoms with E-state index in [9.17, 15) is 4.79 Å². The minimum Gasteiger partial charge on any atom is -0.272 e. The van der Waals surface area contributed by atoms with Crippen molar-refractivity contribution in [2.24, 2.45) is 0 Å². The minimum absolute atomic E-state index is 0.00157. The summed E-state index contributed by atoms with van der Waals surface area (Å²) in [5, 5.41) is 1.46. The molecule has 0 unspecified atom stereocenters. The summed E-state index contributed by atoms with van der Waals surface area (Å²) in [7, 11) is 0. The Hall–Kier alpha value is -1.09. The number of rotatable bonds is 1. The first-order chi connectivity index (χ1) is 5.81. The maximum absolute atomic E-state index is 11.3. The summed E-state index contributed by atoms with van der Waals surface area (Å²) in [6.45, 7) is 3.64. The van der Waals surface area contributed by atoms with Crippen LogP contribution in [0.25, 0.3) is 0 Å². The summed E-state index contributed by atoms with van der Waals surface area (Å²) in [4.78, 5) is 16.6. The molecule has 0 saturated carbocycles. The van der Waals surface area contributed by atoms with Crippen LogP contribution < -0.4 is 0 Å². The van der Waals surface area contributed by atoms with Crippen LogP contribution in [0.4, 0.5) is 0 Å². The number of hydrogen-bond donors (Lipinski definition) is 0. The molecule has 0 N–H and O–H groups in total. The van der Waals surface area contributed by atoms with Gasteiger partial charge in [0.15, 0.2) is 0 Å². The summed E-state index contributed by atoms with van der Waals surface area (Å²) in [6, 6.07) is 0.134. The molecule has 1 amide bonds. The predicted octanol–water partition coefficient (Wildman–Crippen LogP) is 1.03. The lowest BCUT2D eigenvalue weighted by Gasteiger charge is -2.22. The molecule has 12 heavy (non-hydrogen) atoms. The van der Waals surface area contributed by atoms with E-state index in [4.69, 9.17) is 4.84 Å².